The lowest BCUT2D eigenvalue weighted by atomic mass is 9.76. The molecule has 0 radical (unpaired) electrons. The fourth-order valence-corrected chi connectivity index (χ4v) is 5.39. The number of aliphatic hydroxyl groups is 2. The number of esters is 1. The fraction of sp³-hybridized carbons (Fsp3) is 0.593. The van der Waals surface area contributed by atoms with Gasteiger partial charge < -0.3 is 14.9 Å². The summed E-state index contributed by atoms with van der Waals surface area (Å²) >= 11 is 1.39. The summed E-state index contributed by atoms with van der Waals surface area (Å²) < 4.78 is 5.90. The van der Waals surface area contributed by atoms with E-state index in [0.717, 1.165) is 30.5 Å². The molecule has 2 bridgehead atoms. The number of aromatic nitrogens is 1. The van der Waals surface area contributed by atoms with Crippen molar-refractivity contribution in [1.82, 2.24) is 4.98 Å². The molecule has 0 fully saturated rings. The van der Waals surface area contributed by atoms with Crippen LogP contribution in [0, 0.1) is 17.3 Å². The molecule has 1 aliphatic carbocycles. The highest BCUT2D eigenvalue weighted by atomic mass is 32.1. The number of allylic oxidation sites excluding steroid dienone is 2. The van der Waals surface area contributed by atoms with Crippen LogP contribution >= 0.6 is 11.3 Å². The molecule has 0 spiro atoms. The van der Waals surface area contributed by atoms with Gasteiger partial charge in [-0.15, -0.1) is 11.3 Å². The number of cyclic esters (lactones) is 1. The number of aliphatic hydroxyl groups excluding tert-OH is 2. The summed E-state index contributed by atoms with van der Waals surface area (Å²) in [6, 6.07) is 0. The van der Waals surface area contributed by atoms with Gasteiger partial charge in [-0.25, -0.2) is 4.98 Å². The van der Waals surface area contributed by atoms with Gasteiger partial charge in [-0.2, -0.15) is 0 Å². The molecule has 0 saturated heterocycles. The first-order valence-electron chi connectivity index (χ1n) is 12.1. The third-order valence-corrected chi connectivity index (χ3v) is 7.99. The summed E-state index contributed by atoms with van der Waals surface area (Å²) in [6.07, 6.45) is 10.4. The van der Waals surface area contributed by atoms with E-state index in [1.807, 2.05) is 37.5 Å². The molecule has 1 aromatic rings. The number of hydrogen-bond donors (Lipinski definition) is 2. The normalized spacial score (nSPS) is 33.5. The van der Waals surface area contributed by atoms with E-state index < -0.39 is 23.5 Å². The summed E-state index contributed by atoms with van der Waals surface area (Å²) in [7, 11) is 0. The van der Waals surface area contributed by atoms with Gasteiger partial charge in [0.25, 0.3) is 0 Å². The fourth-order valence-electron chi connectivity index (χ4n) is 4.77. The van der Waals surface area contributed by atoms with E-state index in [4.69, 9.17) is 4.74 Å². The molecule has 2 aliphatic rings. The Labute approximate surface area is 206 Å². The molecule has 0 aromatic carbocycles. The molecule has 0 saturated carbocycles. The molecule has 2 N–H and O–H groups in total. The molecule has 186 valence electrons. The number of carbonyl (C=O) groups excluding carboxylic acids is 2. The van der Waals surface area contributed by atoms with Crippen LogP contribution in [0.25, 0.3) is 6.08 Å². The number of thiazole rings is 1. The Morgan fingerprint density at radius 2 is 2.12 bits per heavy atom. The van der Waals surface area contributed by atoms with Gasteiger partial charge in [-0.05, 0) is 58.1 Å². The number of nitrogens with zero attached hydrogens (tertiary/aromatic N) is 1. The predicted molar refractivity (Wildman–Crippen MR) is 134 cm³/mol. The maximum Gasteiger partial charge on any atom is 0.306 e. The van der Waals surface area contributed by atoms with Crippen molar-refractivity contribution in [1.29, 1.82) is 0 Å². The van der Waals surface area contributed by atoms with Crippen molar-refractivity contribution in [2.75, 3.05) is 0 Å². The van der Waals surface area contributed by atoms with Crippen molar-refractivity contribution < 1.29 is 24.5 Å². The zero-order valence-corrected chi connectivity index (χ0v) is 21.4. The van der Waals surface area contributed by atoms with Gasteiger partial charge in [0.15, 0.2) is 0 Å². The summed E-state index contributed by atoms with van der Waals surface area (Å²) in [6.45, 7) is 7.56. The molecule has 0 unspecified atom stereocenters. The van der Waals surface area contributed by atoms with Crippen LogP contribution < -0.4 is 0 Å². The zero-order valence-electron chi connectivity index (χ0n) is 20.6. The van der Waals surface area contributed by atoms with Gasteiger partial charge in [0, 0.05) is 35.5 Å². The summed E-state index contributed by atoms with van der Waals surface area (Å²) in [5.74, 6) is -0.911. The van der Waals surface area contributed by atoms with Gasteiger partial charge in [-0.3, -0.25) is 9.59 Å². The van der Waals surface area contributed by atoms with E-state index in [1.54, 1.807) is 6.92 Å². The third kappa shape index (κ3) is 6.52. The lowest BCUT2D eigenvalue weighted by molar-refractivity contribution is -0.148. The van der Waals surface area contributed by atoms with Gasteiger partial charge in [0.05, 0.1) is 18.4 Å². The smallest absolute Gasteiger partial charge is 0.306 e. The topological polar surface area (TPSA) is 96.7 Å². The Balaban J connectivity index is 1.85. The van der Waals surface area contributed by atoms with Crippen molar-refractivity contribution in [3.05, 3.63) is 45.5 Å². The van der Waals surface area contributed by atoms with Crippen molar-refractivity contribution in [2.24, 2.45) is 17.3 Å². The maximum absolute atomic E-state index is 13.2. The Morgan fingerprint density at radius 1 is 1.35 bits per heavy atom. The summed E-state index contributed by atoms with van der Waals surface area (Å²) in [5.41, 5.74) is 2.03. The van der Waals surface area contributed by atoms with E-state index >= 15 is 0 Å². The first-order valence-corrected chi connectivity index (χ1v) is 13.0. The average molecular weight is 488 g/mol. The molecule has 1 aromatic heterocycles. The monoisotopic (exact) mass is 487 g/mol. The first kappa shape index (κ1) is 26.5. The van der Waals surface area contributed by atoms with E-state index in [0.29, 0.717) is 17.8 Å². The molecular formula is C27H37NO5S. The Bertz CT molecular complexity index is 977. The number of ether oxygens (including phenoxy) is 1. The molecule has 2 heterocycles. The molecule has 6 nitrogen and oxygen atoms in total. The van der Waals surface area contributed by atoms with Crippen LogP contribution in [0.2, 0.25) is 0 Å². The molecule has 5 atom stereocenters. The first-order chi connectivity index (χ1) is 16.1. The highest BCUT2D eigenvalue weighted by Gasteiger charge is 2.41. The van der Waals surface area contributed by atoms with Crippen LogP contribution in [-0.2, 0) is 20.9 Å². The van der Waals surface area contributed by atoms with Crippen LogP contribution in [0.5, 0.6) is 0 Å². The average Bonchev–Trinajstić information content (AvgIpc) is 3.25. The lowest BCUT2D eigenvalue weighted by Crippen LogP contribution is -2.37. The van der Waals surface area contributed by atoms with Crippen LogP contribution in [0.4, 0.5) is 0 Å². The highest BCUT2D eigenvalue weighted by Crippen LogP contribution is 2.37. The molecule has 3 rings (SSSR count). The number of carbonyl (C=O) groups is 2. The SMILES string of the molecule is C/C1=C/C[C@@H](/C(C)=C/c2csc(CO)n2)OC(=O)CC[C@@]2(C)C=C[C@@H](CCC1)[C@H](O)[C@@H](C)C2=O. The Hall–Kier alpha value is -2.09. The van der Waals surface area contributed by atoms with Crippen LogP contribution in [0.15, 0.2) is 34.8 Å². The number of rotatable bonds is 3. The second kappa shape index (κ2) is 11.6. The third-order valence-electron chi connectivity index (χ3n) is 7.14. The number of hydrogen-bond acceptors (Lipinski definition) is 7. The van der Waals surface area contributed by atoms with Gasteiger partial charge in [0.2, 0.25) is 0 Å². The lowest BCUT2D eigenvalue weighted by Gasteiger charge is -2.28. The highest BCUT2D eigenvalue weighted by molar-refractivity contribution is 7.09. The minimum absolute atomic E-state index is 0.0226. The van der Waals surface area contributed by atoms with Crippen LogP contribution in [0.1, 0.15) is 76.9 Å². The predicted octanol–water partition coefficient (Wildman–Crippen LogP) is 5.01. The molecule has 34 heavy (non-hydrogen) atoms. The van der Waals surface area contributed by atoms with E-state index in [1.165, 1.54) is 16.9 Å². The van der Waals surface area contributed by atoms with Crippen LogP contribution in [0.3, 0.4) is 0 Å². The molecule has 1 aliphatic heterocycles. The minimum atomic E-state index is -0.801. The number of Topliss-reactive ketones (excluding diaryl/α,β-unsaturated/α-hetero) is 1. The van der Waals surface area contributed by atoms with Crippen LogP contribution in [-0.4, -0.2) is 39.2 Å². The minimum Gasteiger partial charge on any atom is -0.457 e. The largest absolute Gasteiger partial charge is 0.457 e. The molecule has 0 amide bonds. The second-order valence-electron chi connectivity index (χ2n) is 9.95. The second-order valence-corrected chi connectivity index (χ2v) is 10.9. The van der Waals surface area contributed by atoms with Crippen molar-refractivity contribution in [2.45, 2.75) is 85.0 Å². The standard InChI is InChI=1S/C27H37NO5S/c1-17-6-5-7-20-10-12-27(4,26(32)19(3)25(20)31)13-11-24(30)33-22(9-8-17)18(2)14-21-16-34-23(15-29)28-21/h8,10,12,14,16,19-20,22,25,29,31H,5-7,9,11,13,15H2,1-4H3/b17-8-,18-14+/t19-,20-,22+,25-,27-/m1/s1. The number of fused-ring (bicyclic) bond motifs is 2. The number of ketones is 1. The summed E-state index contributed by atoms with van der Waals surface area (Å²) in [4.78, 5) is 30.4. The van der Waals surface area contributed by atoms with Crippen molar-refractivity contribution in [3.63, 3.8) is 0 Å². The van der Waals surface area contributed by atoms with Gasteiger partial charge in [0.1, 0.15) is 16.9 Å². The van der Waals surface area contributed by atoms with Crippen molar-refractivity contribution in [3.8, 4) is 0 Å². The van der Waals surface area contributed by atoms with E-state index in [-0.39, 0.29) is 30.7 Å². The zero-order chi connectivity index (χ0) is 24.9. The van der Waals surface area contributed by atoms with Gasteiger partial charge in [-0.1, -0.05) is 30.7 Å². The van der Waals surface area contributed by atoms with E-state index in [2.05, 4.69) is 18.0 Å². The van der Waals surface area contributed by atoms with E-state index in [9.17, 15) is 19.8 Å². The molecule has 7 heteroatoms. The van der Waals surface area contributed by atoms with Crippen molar-refractivity contribution >= 4 is 29.2 Å². The van der Waals surface area contributed by atoms with Gasteiger partial charge >= 0.3 is 5.97 Å². The maximum atomic E-state index is 13.2. The Morgan fingerprint density at radius 3 is 2.82 bits per heavy atom. The quantitative estimate of drug-likeness (QED) is 0.460. The Kier molecular flexibility index (Phi) is 9.01. The summed E-state index contributed by atoms with van der Waals surface area (Å²) in [5, 5.41) is 22.6. The molecular weight excluding hydrogens is 450 g/mol.